The molecule has 2 aromatic rings. The zero-order chi connectivity index (χ0) is 11.4. The van der Waals surface area contributed by atoms with Crippen LogP contribution in [0.25, 0.3) is 0 Å². The summed E-state index contributed by atoms with van der Waals surface area (Å²) in [6, 6.07) is 3.71. The Morgan fingerprint density at radius 2 is 2.19 bits per heavy atom. The van der Waals surface area contributed by atoms with E-state index in [1.165, 1.54) is 6.33 Å². The molecule has 0 amide bonds. The Morgan fingerprint density at radius 3 is 2.88 bits per heavy atom. The Labute approximate surface area is 92.9 Å². The third-order valence-corrected chi connectivity index (χ3v) is 2.13. The third kappa shape index (κ3) is 2.05. The average molecular weight is 219 g/mol. The molecule has 0 aliphatic heterocycles. The van der Waals surface area contributed by atoms with E-state index in [9.17, 15) is 0 Å². The highest BCUT2D eigenvalue weighted by molar-refractivity contribution is 5.73. The molecule has 2 aromatic heterocycles. The number of anilines is 3. The number of aromatic nitrogens is 2. The predicted octanol–water partition coefficient (Wildman–Crippen LogP) is 1.31. The van der Waals surface area contributed by atoms with Crippen LogP contribution < -0.4 is 16.4 Å². The molecule has 0 bridgehead atoms. The predicted molar refractivity (Wildman–Crippen MR) is 62.0 cm³/mol. The van der Waals surface area contributed by atoms with Crippen molar-refractivity contribution >= 4 is 17.3 Å². The van der Waals surface area contributed by atoms with E-state index in [2.05, 4.69) is 20.6 Å². The van der Waals surface area contributed by atoms with Crippen molar-refractivity contribution in [3.05, 3.63) is 30.5 Å². The van der Waals surface area contributed by atoms with Gasteiger partial charge in [0.2, 0.25) is 0 Å². The van der Waals surface area contributed by atoms with Gasteiger partial charge in [-0.3, -0.25) is 0 Å². The topological polar surface area (TPSA) is 89.0 Å². The van der Waals surface area contributed by atoms with Crippen LogP contribution in [-0.4, -0.2) is 17.0 Å². The van der Waals surface area contributed by atoms with Crippen LogP contribution in [0.4, 0.5) is 17.3 Å². The van der Waals surface area contributed by atoms with E-state index in [0.29, 0.717) is 23.9 Å². The van der Waals surface area contributed by atoms with Gasteiger partial charge in [0.25, 0.3) is 0 Å². The smallest absolute Gasteiger partial charge is 0.155 e. The summed E-state index contributed by atoms with van der Waals surface area (Å²) < 4.78 is 5.19. The molecule has 0 saturated carbocycles. The van der Waals surface area contributed by atoms with Crippen molar-refractivity contribution in [2.45, 2.75) is 6.54 Å². The van der Waals surface area contributed by atoms with Gasteiger partial charge in [-0.05, 0) is 12.1 Å². The number of hydrogen-bond acceptors (Lipinski definition) is 6. The summed E-state index contributed by atoms with van der Waals surface area (Å²) in [5, 5.41) is 5.97. The van der Waals surface area contributed by atoms with Gasteiger partial charge in [-0.15, -0.1) is 0 Å². The van der Waals surface area contributed by atoms with Gasteiger partial charge in [-0.2, -0.15) is 0 Å². The van der Waals surface area contributed by atoms with E-state index in [1.807, 2.05) is 12.1 Å². The molecule has 0 aromatic carbocycles. The van der Waals surface area contributed by atoms with Gasteiger partial charge in [0.05, 0.1) is 12.8 Å². The third-order valence-electron chi connectivity index (χ3n) is 2.13. The molecule has 84 valence electrons. The fraction of sp³-hybridized carbons (Fsp3) is 0.200. The van der Waals surface area contributed by atoms with Crippen molar-refractivity contribution in [2.75, 3.05) is 23.4 Å². The molecule has 0 unspecified atom stereocenters. The first-order chi connectivity index (χ1) is 7.81. The minimum Gasteiger partial charge on any atom is -0.467 e. The summed E-state index contributed by atoms with van der Waals surface area (Å²) in [4.78, 5) is 8.05. The van der Waals surface area contributed by atoms with Crippen molar-refractivity contribution in [1.82, 2.24) is 9.97 Å². The molecule has 0 spiro atoms. The highest BCUT2D eigenvalue weighted by atomic mass is 16.3. The molecule has 0 fully saturated rings. The maximum absolute atomic E-state index is 5.85. The Morgan fingerprint density at radius 1 is 1.38 bits per heavy atom. The lowest BCUT2D eigenvalue weighted by Crippen LogP contribution is -2.07. The Balaban J connectivity index is 2.09. The lowest BCUT2D eigenvalue weighted by molar-refractivity contribution is 0.518. The van der Waals surface area contributed by atoms with Gasteiger partial charge < -0.3 is 20.8 Å². The Hall–Kier alpha value is -2.24. The quantitative estimate of drug-likeness (QED) is 0.718. The molecule has 6 heteroatoms. The molecular weight excluding hydrogens is 206 g/mol. The number of hydrogen-bond donors (Lipinski definition) is 3. The van der Waals surface area contributed by atoms with Crippen LogP contribution in [0.2, 0.25) is 0 Å². The van der Waals surface area contributed by atoms with E-state index in [0.717, 1.165) is 5.76 Å². The van der Waals surface area contributed by atoms with Crippen LogP contribution >= 0.6 is 0 Å². The van der Waals surface area contributed by atoms with E-state index in [-0.39, 0.29) is 0 Å². The summed E-state index contributed by atoms with van der Waals surface area (Å²) in [5.41, 5.74) is 6.35. The highest BCUT2D eigenvalue weighted by Crippen LogP contribution is 2.22. The largest absolute Gasteiger partial charge is 0.467 e. The fourth-order valence-corrected chi connectivity index (χ4v) is 1.32. The molecule has 4 N–H and O–H groups in total. The second-order valence-electron chi connectivity index (χ2n) is 3.17. The molecule has 0 radical (unpaired) electrons. The van der Waals surface area contributed by atoms with Crippen LogP contribution in [0.3, 0.4) is 0 Å². The maximum Gasteiger partial charge on any atom is 0.155 e. The number of nitrogens with two attached hydrogens (primary N) is 1. The molecule has 0 saturated heterocycles. The van der Waals surface area contributed by atoms with Crippen molar-refractivity contribution in [2.24, 2.45) is 0 Å². The van der Waals surface area contributed by atoms with Crippen molar-refractivity contribution in [3.8, 4) is 0 Å². The number of nitrogens with zero attached hydrogens (tertiary/aromatic N) is 2. The lowest BCUT2D eigenvalue weighted by Gasteiger charge is -2.09. The zero-order valence-corrected chi connectivity index (χ0v) is 8.90. The normalized spacial score (nSPS) is 10.1. The minimum absolute atomic E-state index is 0.497. The van der Waals surface area contributed by atoms with Gasteiger partial charge in [-0.25, -0.2) is 9.97 Å². The second kappa shape index (κ2) is 4.52. The van der Waals surface area contributed by atoms with Gasteiger partial charge >= 0.3 is 0 Å². The standard InChI is InChI=1S/C10H13N5O/c1-12-9-8(11)10(15-6-14-9)13-5-7-3-2-4-16-7/h2-4,6H,5,11H2,1H3,(H2,12,13,14,15). The Kier molecular flexibility index (Phi) is 2.90. The maximum atomic E-state index is 5.85. The van der Waals surface area contributed by atoms with Crippen molar-refractivity contribution in [3.63, 3.8) is 0 Å². The molecule has 0 atom stereocenters. The first-order valence-corrected chi connectivity index (χ1v) is 4.85. The summed E-state index contributed by atoms with van der Waals surface area (Å²) in [5.74, 6) is 2.02. The van der Waals surface area contributed by atoms with E-state index in [1.54, 1.807) is 13.3 Å². The van der Waals surface area contributed by atoms with Gasteiger partial charge in [0.1, 0.15) is 17.8 Å². The number of nitrogen functional groups attached to an aromatic ring is 1. The zero-order valence-electron chi connectivity index (χ0n) is 8.90. The molecular formula is C10H13N5O. The average Bonchev–Trinajstić information content (AvgIpc) is 2.81. The SMILES string of the molecule is CNc1ncnc(NCc2ccco2)c1N. The van der Waals surface area contributed by atoms with Crippen LogP contribution in [0, 0.1) is 0 Å². The van der Waals surface area contributed by atoms with E-state index in [4.69, 9.17) is 10.2 Å². The highest BCUT2D eigenvalue weighted by Gasteiger charge is 2.06. The minimum atomic E-state index is 0.497. The van der Waals surface area contributed by atoms with Gasteiger partial charge in [0, 0.05) is 7.05 Å². The first-order valence-electron chi connectivity index (χ1n) is 4.85. The summed E-state index contributed by atoms with van der Waals surface area (Å²) >= 11 is 0. The van der Waals surface area contributed by atoms with Crippen LogP contribution in [-0.2, 0) is 6.54 Å². The van der Waals surface area contributed by atoms with Crippen LogP contribution in [0.5, 0.6) is 0 Å². The molecule has 0 aliphatic carbocycles. The fourth-order valence-electron chi connectivity index (χ4n) is 1.32. The first kappa shape index (κ1) is 10.3. The van der Waals surface area contributed by atoms with Crippen LogP contribution in [0.15, 0.2) is 29.1 Å². The van der Waals surface area contributed by atoms with E-state index >= 15 is 0 Å². The van der Waals surface area contributed by atoms with Gasteiger partial charge in [0.15, 0.2) is 11.6 Å². The molecule has 2 heterocycles. The van der Waals surface area contributed by atoms with Crippen LogP contribution in [0.1, 0.15) is 5.76 Å². The molecule has 6 nitrogen and oxygen atoms in total. The summed E-state index contributed by atoms with van der Waals surface area (Å²) in [7, 11) is 1.76. The van der Waals surface area contributed by atoms with Crippen molar-refractivity contribution in [1.29, 1.82) is 0 Å². The monoisotopic (exact) mass is 219 g/mol. The lowest BCUT2D eigenvalue weighted by atomic mass is 10.4. The second-order valence-corrected chi connectivity index (χ2v) is 3.17. The summed E-state index contributed by atoms with van der Waals surface area (Å²) in [6.45, 7) is 0.539. The molecule has 16 heavy (non-hydrogen) atoms. The number of nitrogens with one attached hydrogen (secondary N) is 2. The Bertz CT molecular complexity index is 454. The van der Waals surface area contributed by atoms with Crippen molar-refractivity contribution < 1.29 is 4.42 Å². The molecule has 0 aliphatic rings. The summed E-state index contributed by atoms with van der Waals surface area (Å²) in [6.07, 6.45) is 3.08. The van der Waals surface area contributed by atoms with Gasteiger partial charge in [-0.1, -0.05) is 0 Å². The number of furan rings is 1. The number of rotatable bonds is 4. The van der Waals surface area contributed by atoms with E-state index < -0.39 is 0 Å². The molecule has 2 rings (SSSR count).